The molecule has 0 fully saturated rings. The van der Waals surface area contributed by atoms with Gasteiger partial charge in [-0.3, -0.25) is 4.57 Å². The van der Waals surface area contributed by atoms with Crippen molar-refractivity contribution in [1.29, 1.82) is 5.26 Å². The minimum Gasteiger partial charge on any atom is -0.458 e. The van der Waals surface area contributed by atoms with Gasteiger partial charge < -0.3 is 9.47 Å². The van der Waals surface area contributed by atoms with E-state index in [2.05, 4.69) is 47.0 Å². The number of hydrogen-bond acceptors (Lipinski definition) is 4. The molecular weight excluding hydrogens is 517 g/mol. The number of rotatable bonds is 2. The molecule has 0 atom stereocenters. The predicted molar refractivity (Wildman–Crippen MR) is 166 cm³/mol. The van der Waals surface area contributed by atoms with Crippen molar-refractivity contribution < 1.29 is 9.47 Å². The molecule has 7 aromatic rings. The van der Waals surface area contributed by atoms with Crippen molar-refractivity contribution in [3.63, 3.8) is 0 Å². The molecule has 42 heavy (non-hydrogen) atoms. The Bertz CT molecular complexity index is 2170. The van der Waals surface area contributed by atoms with Crippen LogP contribution >= 0.6 is 0 Å². The zero-order valence-corrected chi connectivity index (χ0v) is 22.3. The Kier molecular flexibility index (Phi) is 4.70. The summed E-state index contributed by atoms with van der Waals surface area (Å²) in [5.41, 5.74) is 7.34. The molecule has 0 saturated heterocycles. The van der Waals surface area contributed by atoms with E-state index in [1.165, 1.54) is 0 Å². The monoisotopic (exact) mass is 537 g/mol. The van der Waals surface area contributed by atoms with Crippen LogP contribution in [-0.2, 0) is 0 Å². The third kappa shape index (κ3) is 3.22. The lowest BCUT2D eigenvalue weighted by Gasteiger charge is -2.33. The first-order chi connectivity index (χ1) is 20.8. The van der Waals surface area contributed by atoms with Gasteiger partial charge in [0.05, 0.1) is 28.4 Å². The molecule has 5 nitrogen and oxygen atoms in total. The van der Waals surface area contributed by atoms with Crippen molar-refractivity contribution in [1.82, 2.24) is 9.55 Å². The molecule has 2 aromatic heterocycles. The number of para-hydroxylation sites is 4. The second kappa shape index (κ2) is 8.60. The quantitative estimate of drug-likeness (QED) is 0.238. The number of benzene rings is 5. The predicted octanol–water partition coefficient (Wildman–Crippen LogP) is 6.44. The minimum absolute atomic E-state index is 0.00511. The van der Waals surface area contributed by atoms with E-state index in [4.69, 9.17) is 14.5 Å². The van der Waals surface area contributed by atoms with Gasteiger partial charge in [0.1, 0.15) is 28.8 Å². The molecule has 2 aliphatic rings. The lowest BCUT2D eigenvalue weighted by atomic mass is 9.35. The first kappa shape index (κ1) is 23.0. The number of nitrogens with zero attached hydrogens (tertiary/aromatic N) is 3. The molecule has 0 amide bonds. The van der Waals surface area contributed by atoms with Crippen LogP contribution in [0.2, 0.25) is 0 Å². The molecule has 0 unspecified atom stereocenters. The molecule has 4 heterocycles. The van der Waals surface area contributed by atoms with Crippen LogP contribution in [0.5, 0.6) is 23.0 Å². The standard InChI is InChI=1S/C36H20BN3O2/c38-21-22-17-28(39-35(18-22)40-29-13-5-1-9-24(29)25-10-2-6-14-30(25)40)23-19-33-36-34(20-23)42-32-16-8-4-12-27(32)37(36)26-11-3-7-15-31(26)41-33/h1-20H. The van der Waals surface area contributed by atoms with Crippen LogP contribution in [0.1, 0.15) is 5.56 Å². The Morgan fingerprint density at radius 3 is 1.76 bits per heavy atom. The van der Waals surface area contributed by atoms with E-state index in [1.54, 1.807) is 0 Å². The normalized spacial score (nSPS) is 12.6. The first-order valence-corrected chi connectivity index (χ1v) is 13.9. The summed E-state index contributed by atoms with van der Waals surface area (Å²) in [6, 6.07) is 43.0. The molecule has 0 bridgehead atoms. The molecule has 9 rings (SSSR count). The van der Waals surface area contributed by atoms with Crippen molar-refractivity contribution in [2.45, 2.75) is 0 Å². The van der Waals surface area contributed by atoms with E-state index >= 15 is 0 Å². The maximum atomic E-state index is 10.1. The third-order valence-corrected chi connectivity index (χ3v) is 8.34. The summed E-state index contributed by atoms with van der Waals surface area (Å²) in [5, 5.41) is 12.4. The molecule has 2 aliphatic heterocycles. The number of hydrogen-bond donors (Lipinski definition) is 0. The highest BCUT2D eigenvalue weighted by Crippen LogP contribution is 2.38. The van der Waals surface area contributed by atoms with Crippen molar-refractivity contribution in [3.05, 3.63) is 127 Å². The number of pyridine rings is 1. The Labute approximate surface area is 241 Å². The van der Waals surface area contributed by atoms with E-state index in [0.717, 1.165) is 66.8 Å². The van der Waals surface area contributed by atoms with E-state index in [-0.39, 0.29) is 6.71 Å². The maximum Gasteiger partial charge on any atom is 0.260 e. The van der Waals surface area contributed by atoms with Crippen LogP contribution in [0.4, 0.5) is 0 Å². The van der Waals surface area contributed by atoms with Gasteiger partial charge >= 0.3 is 0 Å². The Balaban J connectivity index is 1.28. The number of fused-ring (bicyclic) bond motifs is 7. The van der Waals surface area contributed by atoms with Crippen LogP contribution in [-0.4, -0.2) is 16.3 Å². The summed E-state index contributed by atoms with van der Waals surface area (Å²) in [4.78, 5) is 5.15. The summed E-state index contributed by atoms with van der Waals surface area (Å²) in [6.45, 7) is 0.00511. The van der Waals surface area contributed by atoms with E-state index in [9.17, 15) is 5.26 Å². The number of nitriles is 1. The second-order valence-electron chi connectivity index (χ2n) is 10.7. The average Bonchev–Trinajstić information content (AvgIpc) is 3.38. The number of ether oxygens (including phenoxy) is 2. The lowest BCUT2D eigenvalue weighted by molar-refractivity contribution is 0.465. The molecule has 0 radical (unpaired) electrons. The van der Waals surface area contributed by atoms with Crippen LogP contribution in [0.3, 0.4) is 0 Å². The second-order valence-corrected chi connectivity index (χ2v) is 10.7. The molecule has 5 aromatic carbocycles. The lowest BCUT2D eigenvalue weighted by Crippen LogP contribution is -2.57. The highest BCUT2D eigenvalue weighted by Gasteiger charge is 2.40. The third-order valence-electron chi connectivity index (χ3n) is 8.34. The zero-order chi connectivity index (χ0) is 27.8. The number of aromatic nitrogens is 2. The van der Waals surface area contributed by atoms with E-state index in [0.29, 0.717) is 17.1 Å². The van der Waals surface area contributed by atoms with Gasteiger partial charge in [0.2, 0.25) is 0 Å². The molecule has 0 saturated carbocycles. The Hall–Kier alpha value is -5.80. The minimum atomic E-state index is 0.00511. The highest BCUT2D eigenvalue weighted by molar-refractivity contribution is 6.98. The zero-order valence-electron chi connectivity index (χ0n) is 22.3. The van der Waals surface area contributed by atoms with Crippen molar-refractivity contribution >= 4 is 44.9 Å². The van der Waals surface area contributed by atoms with Crippen molar-refractivity contribution in [2.75, 3.05) is 0 Å². The SMILES string of the molecule is N#Cc1cc(-c2cc3c4c(c2)Oc2ccccc2B4c2ccccc2O3)nc(-n2c3ccccc3c3ccccc32)c1. The summed E-state index contributed by atoms with van der Waals surface area (Å²) in [7, 11) is 0. The van der Waals surface area contributed by atoms with Gasteiger partial charge in [0.25, 0.3) is 6.71 Å². The van der Waals surface area contributed by atoms with E-state index < -0.39 is 0 Å². The van der Waals surface area contributed by atoms with Crippen LogP contribution in [0.25, 0.3) is 38.9 Å². The van der Waals surface area contributed by atoms with Gasteiger partial charge in [-0.25, -0.2) is 4.98 Å². The summed E-state index contributed by atoms with van der Waals surface area (Å²) < 4.78 is 15.1. The fourth-order valence-corrected chi connectivity index (χ4v) is 6.55. The summed E-state index contributed by atoms with van der Waals surface area (Å²) >= 11 is 0. The van der Waals surface area contributed by atoms with Crippen LogP contribution in [0.15, 0.2) is 121 Å². The summed E-state index contributed by atoms with van der Waals surface area (Å²) in [6.07, 6.45) is 0. The Morgan fingerprint density at radius 1 is 0.619 bits per heavy atom. The Morgan fingerprint density at radius 2 is 1.17 bits per heavy atom. The van der Waals surface area contributed by atoms with Crippen LogP contribution in [0, 0.1) is 11.3 Å². The van der Waals surface area contributed by atoms with Crippen molar-refractivity contribution in [3.8, 4) is 46.1 Å². The van der Waals surface area contributed by atoms with Gasteiger partial charge in [-0.05, 0) is 59.5 Å². The van der Waals surface area contributed by atoms with Crippen LogP contribution < -0.4 is 25.9 Å². The van der Waals surface area contributed by atoms with Gasteiger partial charge in [0.15, 0.2) is 0 Å². The maximum absolute atomic E-state index is 10.1. The molecule has 0 N–H and O–H groups in total. The largest absolute Gasteiger partial charge is 0.458 e. The molecule has 6 heteroatoms. The molecular formula is C36H20BN3O2. The van der Waals surface area contributed by atoms with Crippen molar-refractivity contribution in [2.24, 2.45) is 0 Å². The first-order valence-electron chi connectivity index (χ1n) is 13.9. The molecule has 0 aliphatic carbocycles. The fourth-order valence-electron chi connectivity index (χ4n) is 6.55. The smallest absolute Gasteiger partial charge is 0.260 e. The molecule has 0 spiro atoms. The molecule has 194 valence electrons. The van der Waals surface area contributed by atoms with E-state index in [1.807, 2.05) is 84.9 Å². The van der Waals surface area contributed by atoms with Gasteiger partial charge in [-0.1, -0.05) is 72.8 Å². The topological polar surface area (TPSA) is 60.1 Å². The summed E-state index contributed by atoms with van der Waals surface area (Å²) in [5.74, 6) is 3.83. The van der Waals surface area contributed by atoms with Gasteiger partial charge in [0, 0.05) is 21.8 Å². The van der Waals surface area contributed by atoms with Gasteiger partial charge in [-0.2, -0.15) is 5.26 Å². The fraction of sp³-hybridized carbons (Fsp3) is 0. The van der Waals surface area contributed by atoms with Gasteiger partial charge in [-0.15, -0.1) is 0 Å². The average molecular weight is 537 g/mol. The highest BCUT2D eigenvalue weighted by atomic mass is 16.5.